The highest BCUT2D eigenvalue weighted by molar-refractivity contribution is 14.1. The Labute approximate surface area is 206 Å². The van der Waals surface area contributed by atoms with Crippen molar-refractivity contribution < 1.29 is 14.4 Å². The maximum Gasteiger partial charge on any atom is 0.254 e. The molecule has 0 saturated carbocycles. The van der Waals surface area contributed by atoms with Crippen LogP contribution >= 0.6 is 22.6 Å². The minimum absolute atomic E-state index is 0.0345. The van der Waals surface area contributed by atoms with Gasteiger partial charge in [0.2, 0.25) is 5.91 Å². The number of benzene rings is 3. The second-order valence-corrected chi connectivity index (χ2v) is 8.74. The molecule has 168 valence electrons. The van der Waals surface area contributed by atoms with Gasteiger partial charge in [0.1, 0.15) is 0 Å². The molecule has 0 aromatic heterocycles. The van der Waals surface area contributed by atoms with Crippen molar-refractivity contribution in [3.05, 3.63) is 99.6 Å². The second-order valence-electron chi connectivity index (χ2n) is 7.49. The van der Waals surface area contributed by atoms with Crippen LogP contribution in [0.15, 0.2) is 90.0 Å². The van der Waals surface area contributed by atoms with Gasteiger partial charge in [-0.1, -0.05) is 66.7 Å². The summed E-state index contributed by atoms with van der Waals surface area (Å²) in [6.45, 7) is 1.63. The highest BCUT2D eigenvalue weighted by Gasteiger charge is 2.22. The van der Waals surface area contributed by atoms with Crippen LogP contribution in [0.25, 0.3) is 0 Å². The number of hydrogen-bond acceptors (Lipinski definition) is 4. The van der Waals surface area contributed by atoms with Crippen molar-refractivity contribution in [2.45, 2.75) is 26.2 Å². The molecule has 1 N–H and O–H groups in total. The topological polar surface area (TPSA) is 78.8 Å². The van der Waals surface area contributed by atoms with Crippen molar-refractivity contribution >= 4 is 51.7 Å². The maximum absolute atomic E-state index is 13.0. The van der Waals surface area contributed by atoms with E-state index < -0.39 is 11.8 Å². The Morgan fingerprint density at radius 2 is 1.36 bits per heavy atom. The van der Waals surface area contributed by atoms with Gasteiger partial charge in [-0.25, -0.2) is 0 Å². The number of nitrogens with one attached hydrogen (secondary N) is 1. The Balaban J connectivity index is 1.74. The number of nitrogens with zero attached hydrogens (tertiary/aromatic N) is 2. The minimum Gasteiger partial charge on any atom is -0.326 e. The van der Waals surface area contributed by atoms with Crippen LogP contribution in [-0.2, 0) is 27.2 Å². The quantitative estimate of drug-likeness (QED) is 0.247. The monoisotopic (exact) mass is 553 g/mol. The number of carbonyl (C=O) groups is 3. The number of hydrogen-bond donors (Lipinski definition) is 1. The molecule has 0 heterocycles. The van der Waals surface area contributed by atoms with E-state index in [0.717, 1.165) is 19.7 Å². The fourth-order valence-corrected chi connectivity index (χ4v) is 3.69. The molecule has 33 heavy (non-hydrogen) atoms. The van der Waals surface area contributed by atoms with Gasteiger partial charge in [-0.05, 0) is 58.8 Å². The number of amides is 3. The van der Waals surface area contributed by atoms with E-state index in [1.165, 1.54) is 0 Å². The molecule has 0 radical (unpaired) electrons. The van der Waals surface area contributed by atoms with E-state index >= 15 is 0 Å². The molecule has 0 fully saturated rings. The van der Waals surface area contributed by atoms with Gasteiger partial charge in [0.05, 0.1) is 19.3 Å². The molecular weight excluding hydrogens is 529 g/mol. The number of anilines is 1. The average molecular weight is 553 g/mol. The van der Waals surface area contributed by atoms with Gasteiger partial charge in [-0.15, -0.1) is 0 Å². The van der Waals surface area contributed by atoms with Crippen LogP contribution in [0.2, 0.25) is 0 Å². The van der Waals surface area contributed by atoms with E-state index in [-0.39, 0.29) is 25.2 Å². The lowest BCUT2D eigenvalue weighted by molar-refractivity contribution is -0.144. The molecule has 0 bridgehead atoms. The zero-order chi connectivity index (χ0) is 23.6. The van der Waals surface area contributed by atoms with Crippen molar-refractivity contribution in [3.8, 4) is 0 Å². The van der Waals surface area contributed by atoms with Gasteiger partial charge in [0, 0.05) is 15.0 Å². The average Bonchev–Trinajstić information content (AvgIpc) is 2.78. The van der Waals surface area contributed by atoms with Gasteiger partial charge < -0.3 is 5.32 Å². The summed E-state index contributed by atoms with van der Waals surface area (Å²) in [5.74, 6) is -1.16. The summed E-state index contributed by atoms with van der Waals surface area (Å²) in [5, 5.41) is 7.97. The molecule has 3 amide bonds. The highest BCUT2D eigenvalue weighted by atomic mass is 127. The first-order chi connectivity index (χ1) is 15.9. The van der Waals surface area contributed by atoms with Crippen LogP contribution in [0.4, 0.5) is 5.69 Å². The Morgan fingerprint density at radius 1 is 0.818 bits per heavy atom. The lowest BCUT2D eigenvalue weighted by atomic mass is 10.1. The summed E-state index contributed by atoms with van der Waals surface area (Å²) in [6, 6.07) is 25.8. The van der Waals surface area contributed by atoms with Crippen molar-refractivity contribution in [1.29, 1.82) is 0 Å². The van der Waals surface area contributed by atoms with E-state index in [9.17, 15) is 14.4 Å². The molecule has 0 unspecified atom stereocenters. The van der Waals surface area contributed by atoms with Crippen LogP contribution < -0.4 is 5.32 Å². The number of imide groups is 1. The predicted molar refractivity (Wildman–Crippen MR) is 138 cm³/mol. The molecule has 0 aliphatic heterocycles. The standard InChI is InChI=1S/C26H24IN3O3/c1-19(15-24(31)28-23-14-8-13-22(27)18-23)29-30(25(32)16-20-9-4-2-5-10-20)26(33)17-21-11-6-3-7-12-21/h2-14,18H,15-17H2,1H3,(H,28,31)/b29-19+. The Morgan fingerprint density at radius 3 is 1.88 bits per heavy atom. The summed E-state index contributed by atoms with van der Waals surface area (Å²) in [5.41, 5.74) is 2.60. The first kappa shape index (κ1) is 24.3. The van der Waals surface area contributed by atoms with Crippen LogP contribution in [0.1, 0.15) is 24.5 Å². The second kappa shape index (κ2) is 12.1. The number of carbonyl (C=O) groups excluding carboxylic acids is 3. The zero-order valence-corrected chi connectivity index (χ0v) is 20.4. The van der Waals surface area contributed by atoms with E-state index in [2.05, 4.69) is 33.0 Å². The molecule has 0 atom stereocenters. The summed E-state index contributed by atoms with van der Waals surface area (Å²) in [7, 11) is 0. The number of halogens is 1. The number of hydrazone groups is 1. The normalized spacial score (nSPS) is 11.0. The molecule has 7 heteroatoms. The summed E-state index contributed by atoms with van der Waals surface area (Å²) >= 11 is 2.17. The van der Waals surface area contributed by atoms with Crippen LogP contribution in [0.5, 0.6) is 0 Å². The lowest BCUT2D eigenvalue weighted by Crippen LogP contribution is -2.36. The molecule has 0 aliphatic carbocycles. The fraction of sp³-hybridized carbons (Fsp3) is 0.154. The first-order valence-corrected chi connectivity index (χ1v) is 11.5. The van der Waals surface area contributed by atoms with Gasteiger partial charge >= 0.3 is 0 Å². The summed E-state index contributed by atoms with van der Waals surface area (Å²) < 4.78 is 1.000. The Hall–Kier alpha value is -3.33. The van der Waals surface area contributed by atoms with Gasteiger partial charge in [0.25, 0.3) is 11.8 Å². The summed E-state index contributed by atoms with van der Waals surface area (Å²) in [6.07, 6.45) is 0.0266. The minimum atomic E-state index is -0.445. The first-order valence-electron chi connectivity index (χ1n) is 10.4. The SMILES string of the molecule is C/C(CC(=O)Nc1cccc(I)c1)=N\N(C(=O)Cc1ccccc1)C(=O)Cc1ccccc1. The molecule has 0 aliphatic rings. The third-order valence-corrected chi connectivity index (χ3v) is 5.34. The third kappa shape index (κ3) is 7.94. The van der Waals surface area contributed by atoms with Crippen LogP contribution in [0.3, 0.4) is 0 Å². The van der Waals surface area contributed by atoms with Crippen molar-refractivity contribution in [2.75, 3.05) is 5.32 Å². The highest BCUT2D eigenvalue weighted by Crippen LogP contribution is 2.13. The van der Waals surface area contributed by atoms with Gasteiger partial charge in [0.15, 0.2) is 0 Å². The van der Waals surface area contributed by atoms with Gasteiger partial charge in [-0.2, -0.15) is 10.1 Å². The molecule has 0 saturated heterocycles. The fourth-order valence-electron chi connectivity index (χ4n) is 3.15. The van der Waals surface area contributed by atoms with Crippen molar-refractivity contribution in [3.63, 3.8) is 0 Å². The lowest BCUT2D eigenvalue weighted by Gasteiger charge is -2.17. The van der Waals surface area contributed by atoms with Crippen molar-refractivity contribution in [1.82, 2.24) is 5.01 Å². The van der Waals surface area contributed by atoms with Crippen molar-refractivity contribution in [2.24, 2.45) is 5.10 Å². The van der Waals surface area contributed by atoms with E-state index in [0.29, 0.717) is 11.4 Å². The predicted octanol–water partition coefficient (Wildman–Crippen LogP) is 4.84. The van der Waals surface area contributed by atoms with Gasteiger partial charge in [-0.3, -0.25) is 14.4 Å². The van der Waals surface area contributed by atoms with Crippen LogP contribution in [-0.4, -0.2) is 28.4 Å². The Kier molecular flexibility index (Phi) is 8.88. The Bertz CT molecular complexity index is 1090. The third-order valence-electron chi connectivity index (χ3n) is 4.66. The maximum atomic E-state index is 13.0. The van der Waals surface area contributed by atoms with Crippen LogP contribution in [0, 0.1) is 3.57 Å². The molecule has 3 aromatic rings. The number of rotatable bonds is 8. The van der Waals surface area contributed by atoms with E-state index in [1.54, 1.807) is 13.0 Å². The zero-order valence-electron chi connectivity index (χ0n) is 18.2. The molecule has 6 nitrogen and oxygen atoms in total. The smallest absolute Gasteiger partial charge is 0.254 e. The largest absolute Gasteiger partial charge is 0.326 e. The van der Waals surface area contributed by atoms with E-state index in [4.69, 9.17) is 0 Å². The molecular formula is C26H24IN3O3. The molecule has 3 rings (SSSR count). The molecule has 3 aromatic carbocycles. The van der Waals surface area contributed by atoms with E-state index in [1.807, 2.05) is 78.9 Å². The summed E-state index contributed by atoms with van der Waals surface area (Å²) in [4.78, 5) is 38.4. The molecule has 0 spiro atoms.